The molecule has 1 aliphatic rings. The Morgan fingerprint density at radius 2 is 2.10 bits per heavy atom. The van der Waals surface area contributed by atoms with Crippen molar-refractivity contribution in [3.8, 4) is 0 Å². The van der Waals surface area contributed by atoms with Crippen LogP contribution >= 0.6 is 0 Å². The summed E-state index contributed by atoms with van der Waals surface area (Å²) in [6.07, 6.45) is 0.764. The van der Waals surface area contributed by atoms with E-state index in [1.54, 1.807) is 11.2 Å². The Morgan fingerprint density at radius 3 is 2.76 bits per heavy atom. The van der Waals surface area contributed by atoms with Crippen molar-refractivity contribution in [3.05, 3.63) is 35.0 Å². The number of nitrogens with one attached hydrogen (secondary N) is 1. The van der Waals surface area contributed by atoms with Crippen LogP contribution in [0.2, 0.25) is 0 Å². The molecule has 0 unspecified atom stereocenters. The highest BCUT2D eigenvalue weighted by atomic mass is 32.2. The third-order valence-electron chi connectivity index (χ3n) is 4.39. The first-order valence-electron chi connectivity index (χ1n) is 7.53. The highest BCUT2D eigenvalue weighted by Crippen LogP contribution is 2.31. The lowest BCUT2D eigenvalue weighted by Gasteiger charge is -2.26. The van der Waals surface area contributed by atoms with E-state index in [0.29, 0.717) is 19.0 Å². The van der Waals surface area contributed by atoms with Crippen LogP contribution in [0.3, 0.4) is 0 Å². The molecule has 0 atom stereocenters. The lowest BCUT2D eigenvalue weighted by Crippen LogP contribution is -2.36. The molecule has 0 saturated carbocycles. The van der Waals surface area contributed by atoms with Crippen molar-refractivity contribution >= 4 is 20.9 Å². The molecule has 0 radical (unpaired) electrons. The van der Waals surface area contributed by atoms with Gasteiger partial charge in [0.15, 0.2) is 0 Å². The van der Waals surface area contributed by atoms with Crippen LogP contribution < -0.4 is 0 Å². The van der Waals surface area contributed by atoms with E-state index in [1.165, 1.54) is 16.6 Å². The Bertz CT molecular complexity index is 775. The number of fused-ring (bicyclic) bond motifs is 3. The maximum atomic E-state index is 12.1. The first-order valence-corrected chi connectivity index (χ1v) is 9.14. The van der Waals surface area contributed by atoms with Crippen LogP contribution in [0.4, 0.5) is 0 Å². The van der Waals surface area contributed by atoms with Gasteiger partial charge in [-0.2, -0.15) is 4.31 Å². The van der Waals surface area contributed by atoms with E-state index in [-0.39, 0.29) is 5.75 Å². The van der Waals surface area contributed by atoms with Gasteiger partial charge in [-0.3, -0.25) is 0 Å². The predicted molar refractivity (Wildman–Crippen MR) is 86.0 cm³/mol. The number of aromatic amines is 1. The fourth-order valence-corrected chi connectivity index (χ4v) is 4.05. The van der Waals surface area contributed by atoms with Crippen molar-refractivity contribution in [2.24, 2.45) is 0 Å². The summed E-state index contributed by atoms with van der Waals surface area (Å²) in [6.45, 7) is 7.12. The van der Waals surface area contributed by atoms with E-state index in [1.807, 2.05) is 0 Å². The Labute approximate surface area is 126 Å². The van der Waals surface area contributed by atoms with Gasteiger partial charge < -0.3 is 4.98 Å². The van der Waals surface area contributed by atoms with Gasteiger partial charge in [0.25, 0.3) is 0 Å². The normalized spacial score (nSPS) is 16.6. The van der Waals surface area contributed by atoms with Crippen molar-refractivity contribution in [1.29, 1.82) is 0 Å². The second-order valence-electron chi connectivity index (χ2n) is 6.03. The van der Waals surface area contributed by atoms with Crippen LogP contribution in [0.15, 0.2) is 18.2 Å². The Kier molecular flexibility index (Phi) is 3.58. The lowest BCUT2D eigenvalue weighted by molar-refractivity contribution is 0.392. The highest BCUT2D eigenvalue weighted by Gasteiger charge is 2.27. The van der Waals surface area contributed by atoms with Crippen molar-refractivity contribution < 1.29 is 8.42 Å². The summed E-state index contributed by atoms with van der Waals surface area (Å²) in [7, 11) is -3.12. The van der Waals surface area contributed by atoms with Crippen LogP contribution in [0.5, 0.6) is 0 Å². The van der Waals surface area contributed by atoms with Gasteiger partial charge in [-0.15, -0.1) is 0 Å². The molecule has 2 heterocycles. The standard InChI is InChI=1S/C16H22N2O2S/c1-4-21(19,20)18-8-7-16-14(10-18)13-9-12(11(2)3)5-6-15(13)17-16/h5-6,9,11,17H,4,7-8,10H2,1-3H3. The van der Waals surface area contributed by atoms with Crippen LogP contribution in [-0.2, 0) is 23.0 Å². The Hall–Kier alpha value is -1.33. The number of hydrogen-bond acceptors (Lipinski definition) is 2. The predicted octanol–water partition coefficient (Wildman–Crippen LogP) is 3.00. The van der Waals surface area contributed by atoms with E-state index in [4.69, 9.17) is 0 Å². The fourth-order valence-electron chi connectivity index (χ4n) is 2.99. The average Bonchev–Trinajstić information content (AvgIpc) is 2.83. The first kappa shape index (κ1) is 14.6. The number of sulfonamides is 1. The fraction of sp³-hybridized carbons (Fsp3) is 0.500. The van der Waals surface area contributed by atoms with Gasteiger partial charge in [-0.05, 0) is 36.1 Å². The molecular formula is C16H22N2O2S. The second-order valence-corrected chi connectivity index (χ2v) is 8.28. The largest absolute Gasteiger partial charge is 0.358 e. The number of hydrogen-bond donors (Lipinski definition) is 1. The van der Waals surface area contributed by atoms with Crippen LogP contribution in [0.25, 0.3) is 10.9 Å². The van der Waals surface area contributed by atoms with Crippen LogP contribution in [0.1, 0.15) is 43.5 Å². The maximum Gasteiger partial charge on any atom is 0.214 e. The topological polar surface area (TPSA) is 53.2 Å². The highest BCUT2D eigenvalue weighted by molar-refractivity contribution is 7.89. The molecule has 1 aromatic heterocycles. The summed E-state index contributed by atoms with van der Waals surface area (Å²) >= 11 is 0. The molecule has 1 aromatic carbocycles. The molecule has 5 heteroatoms. The average molecular weight is 306 g/mol. The molecule has 2 aromatic rings. The molecular weight excluding hydrogens is 284 g/mol. The number of rotatable bonds is 3. The zero-order valence-electron chi connectivity index (χ0n) is 12.8. The smallest absolute Gasteiger partial charge is 0.214 e. The van der Waals surface area contributed by atoms with E-state index in [2.05, 4.69) is 37.0 Å². The first-order chi connectivity index (χ1) is 9.92. The molecule has 114 valence electrons. The Morgan fingerprint density at radius 1 is 1.33 bits per heavy atom. The van der Waals surface area contributed by atoms with Crippen molar-refractivity contribution in [2.75, 3.05) is 12.3 Å². The van der Waals surface area contributed by atoms with Gasteiger partial charge in [-0.1, -0.05) is 19.9 Å². The molecule has 0 aliphatic carbocycles. The van der Waals surface area contributed by atoms with Crippen LogP contribution in [-0.4, -0.2) is 30.0 Å². The van der Waals surface area contributed by atoms with E-state index in [0.717, 1.165) is 17.5 Å². The summed E-state index contributed by atoms with van der Waals surface area (Å²) in [5.41, 5.74) is 4.74. The minimum absolute atomic E-state index is 0.169. The van der Waals surface area contributed by atoms with Crippen molar-refractivity contribution in [3.63, 3.8) is 0 Å². The summed E-state index contributed by atoms with van der Waals surface area (Å²) < 4.78 is 25.8. The molecule has 4 nitrogen and oxygen atoms in total. The zero-order valence-corrected chi connectivity index (χ0v) is 13.6. The van der Waals surface area contributed by atoms with Gasteiger partial charge >= 0.3 is 0 Å². The number of benzene rings is 1. The molecule has 1 N–H and O–H groups in total. The molecule has 0 amide bonds. The van der Waals surface area contributed by atoms with Crippen molar-refractivity contribution in [1.82, 2.24) is 9.29 Å². The van der Waals surface area contributed by atoms with E-state index in [9.17, 15) is 8.42 Å². The van der Waals surface area contributed by atoms with Gasteiger partial charge in [0.05, 0.1) is 5.75 Å². The van der Waals surface area contributed by atoms with E-state index < -0.39 is 10.0 Å². The number of H-pyrrole nitrogens is 1. The minimum atomic E-state index is -3.12. The monoisotopic (exact) mass is 306 g/mol. The van der Waals surface area contributed by atoms with E-state index >= 15 is 0 Å². The van der Waals surface area contributed by atoms with Gasteiger partial charge in [0, 0.05) is 36.1 Å². The molecule has 0 fully saturated rings. The molecule has 3 rings (SSSR count). The molecule has 0 bridgehead atoms. The Balaban J connectivity index is 2.07. The molecule has 0 spiro atoms. The summed E-state index contributed by atoms with van der Waals surface area (Å²) in [5, 5.41) is 1.17. The van der Waals surface area contributed by atoms with Crippen LogP contribution in [0, 0.1) is 0 Å². The number of aromatic nitrogens is 1. The summed E-state index contributed by atoms with van der Waals surface area (Å²) in [4.78, 5) is 3.45. The van der Waals surface area contributed by atoms with Gasteiger partial charge in [-0.25, -0.2) is 8.42 Å². The molecule has 1 aliphatic heterocycles. The lowest BCUT2D eigenvalue weighted by atomic mass is 9.99. The SMILES string of the molecule is CCS(=O)(=O)N1CCc2[nH]c3ccc(C(C)C)cc3c2C1. The number of nitrogens with zero attached hydrogens (tertiary/aromatic N) is 1. The maximum absolute atomic E-state index is 12.1. The summed E-state index contributed by atoms with van der Waals surface area (Å²) in [6, 6.07) is 6.47. The quantitative estimate of drug-likeness (QED) is 0.947. The zero-order chi connectivity index (χ0) is 15.2. The van der Waals surface area contributed by atoms with Gasteiger partial charge in [0.1, 0.15) is 0 Å². The second kappa shape index (κ2) is 5.14. The van der Waals surface area contributed by atoms with Crippen molar-refractivity contribution in [2.45, 2.75) is 39.7 Å². The molecule has 0 saturated heterocycles. The molecule has 21 heavy (non-hydrogen) atoms. The summed E-state index contributed by atoms with van der Waals surface area (Å²) in [5.74, 6) is 0.640. The van der Waals surface area contributed by atoms with Gasteiger partial charge in [0.2, 0.25) is 10.0 Å². The third kappa shape index (κ3) is 2.49. The minimum Gasteiger partial charge on any atom is -0.358 e. The third-order valence-corrected chi connectivity index (χ3v) is 6.22.